The van der Waals surface area contributed by atoms with Gasteiger partial charge in [-0.25, -0.2) is 0 Å². The van der Waals surface area contributed by atoms with Crippen LogP contribution in [0.1, 0.15) is 0 Å². The summed E-state index contributed by atoms with van der Waals surface area (Å²) in [5.74, 6) is 0. The first-order chi connectivity index (χ1) is 1.91. The van der Waals surface area contributed by atoms with Gasteiger partial charge in [-0.1, -0.05) is 0 Å². The van der Waals surface area contributed by atoms with Gasteiger partial charge in [0.05, 0.1) is 0 Å². The maximum Gasteiger partial charge on any atom is 0.212 e. The summed E-state index contributed by atoms with van der Waals surface area (Å²) in [5.41, 5.74) is 9.81. The van der Waals surface area contributed by atoms with Gasteiger partial charge in [-0.05, 0) is 6.44 Å². The van der Waals surface area contributed by atoms with Crippen molar-refractivity contribution in [1.29, 1.82) is 0 Å². The Morgan fingerprint density at radius 3 is 2.00 bits per heavy atom. The van der Waals surface area contributed by atoms with Crippen LogP contribution in [-0.2, 0) is 0 Å². The van der Waals surface area contributed by atoms with Crippen molar-refractivity contribution >= 4 is 7.41 Å². The smallest absolute Gasteiger partial charge is 0.212 e. The van der Waals surface area contributed by atoms with E-state index in [0.29, 0.717) is 13.9 Å². The van der Waals surface area contributed by atoms with Crippen LogP contribution in [0.4, 0.5) is 0 Å². The molecule has 0 aromatic carbocycles. The van der Waals surface area contributed by atoms with E-state index < -0.39 is 0 Å². The van der Waals surface area contributed by atoms with E-state index in [1.807, 2.05) is 0 Å². The van der Waals surface area contributed by atoms with Gasteiger partial charge in [0.25, 0.3) is 0 Å². The summed E-state index contributed by atoms with van der Waals surface area (Å²) in [6.07, 6.45) is 0.597. The van der Waals surface area contributed by atoms with E-state index in [2.05, 4.69) is 0 Å². The molecule has 3 heteroatoms. The average Bonchev–Trinajstić information content (AvgIpc) is 1.37. The first-order valence-electron chi connectivity index (χ1n) is 1.32. The fourth-order valence-electron chi connectivity index (χ4n) is 0. The topological polar surface area (TPSA) is 52.0 Å². The molecule has 24 valence electrons. The van der Waals surface area contributed by atoms with E-state index >= 15 is 0 Å². The van der Waals surface area contributed by atoms with Gasteiger partial charge in [-0.2, -0.15) is 0 Å². The molecule has 0 radical (unpaired) electrons. The summed E-state index contributed by atoms with van der Waals surface area (Å²) < 4.78 is 0. The lowest BCUT2D eigenvalue weighted by molar-refractivity contribution is 1.35. The van der Waals surface area contributed by atoms with Crippen LogP contribution in [0.2, 0.25) is 0 Å². The predicted octanol–water partition coefficient (Wildman–Crippen LogP) is -1.79. The SMILES string of the molecule is NBCN. The molecule has 0 fully saturated rings. The predicted molar refractivity (Wildman–Crippen MR) is 20.4 cm³/mol. The second-order valence-corrected chi connectivity index (χ2v) is 0.577. The van der Waals surface area contributed by atoms with Crippen LogP contribution in [0.3, 0.4) is 0 Å². The molecule has 4 heavy (non-hydrogen) atoms. The summed E-state index contributed by atoms with van der Waals surface area (Å²) in [6, 6.07) is 0. The highest BCUT2D eigenvalue weighted by molar-refractivity contribution is 6.30. The normalized spacial score (nSPS) is 6.50. The van der Waals surface area contributed by atoms with Crippen LogP contribution in [-0.4, -0.2) is 13.9 Å². The number of rotatable bonds is 1. The zero-order valence-electron chi connectivity index (χ0n) is 2.57. The quantitative estimate of drug-likeness (QED) is 0.350. The van der Waals surface area contributed by atoms with Gasteiger partial charge >= 0.3 is 0 Å². The molecular weight excluding hydrogens is 50.8 g/mol. The third kappa shape index (κ3) is 1.98. The summed E-state index contributed by atoms with van der Waals surface area (Å²) in [6.45, 7) is 0. The van der Waals surface area contributed by atoms with E-state index in [-0.39, 0.29) is 0 Å². The third-order valence-electron chi connectivity index (χ3n) is 0.167. The van der Waals surface area contributed by atoms with Crippen molar-refractivity contribution in [2.75, 3.05) is 6.44 Å². The van der Waals surface area contributed by atoms with Crippen LogP contribution in [0.5, 0.6) is 0 Å². The molecule has 0 aliphatic carbocycles. The molecule has 0 atom stereocenters. The Bertz CT molecular complexity index is 8.00. The van der Waals surface area contributed by atoms with E-state index in [1.165, 1.54) is 0 Å². The van der Waals surface area contributed by atoms with E-state index in [9.17, 15) is 0 Å². The molecule has 0 heterocycles. The van der Waals surface area contributed by atoms with Gasteiger partial charge in [-0.15, -0.1) is 0 Å². The Kier molecular flexibility index (Phi) is 2.97. The van der Waals surface area contributed by atoms with Gasteiger partial charge < -0.3 is 11.4 Å². The largest absolute Gasteiger partial charge is 0.372 e. The van der Waals surface area contributed by atoms with Gasteiger partial charge in [0.2, 0.25) is 7.41 Å². The molecule has 0 rings (SSSR count). The van der Waals surface area contributed by atoms with Gasteiger partial charge in [0.1, 0.15) is 0 Å². The second kappa shape index (κ2) is 2.98. The van der Waals surface area contributed by atoms with Crippen LogP contribution >= 0.6 is 0 Å². The van der Waals surface area contributed by atoms with Gasteiger partial charge in [-0.3, -0.25) is 0 Å². The van der Waals surface area contributed by atoms with Crippen LogP contribution in [0, 0.1) is 0 Å². The molecule has 0 aliphatic rings. The standard InChI is InChI=1S/CH7BN2/c3-1-2-4/h2H,1,3-4H2. The Morgan fingerprint density at radius 1 is 1.75 bits per heavy atom. The zero-order chi connectivity index (χ0) is 3.41. The summed E-state index contributed by atoms with van der Waals surface area (Å²) in [4.78, 5) is 0. The highest BCUT2D eigenvalue weighted by atomic mass is 14.5. The minimum Gasteiger partial charge on any atom is -0.372 e. The number of hydrogen-bond acceptors (Lipinski definition) is 2. The van der Waals surface area contributed by atoms with E-state index in [1.54, 1.807) is 0 Å². The van der Waals surface area contributed by atoms with E-state index in [4.69, 9.17) is 11.4 Å². The minimum absolute atomic E-state index is 0.597. The minimum atomic E-state index is 0.597. The molecule has 0 unspecified atom stereocenters. The highest BCUT2D eigenvalue weighted by Gasteiger charge is 1.61. The Labute approximate surface area is 26.4 Å². The fourth-order valence-corrected chi connectivity index (χ4v) is 0. The molecular formula is CH7BN2. The number of nitrogens with two attached hydrogens (primary N) is 2. The molecule has 0 aromatic heterocycles. The first kappa shape index (κ1) is 3.98. The van der Waals surface area contributed by atoms with Crippen molar-refractivity contribution in [1.82, 2.24) is 0 Å². The maximum atomic E-state index is 4.90. The maximum absolute atomic E-state index is 4.90. The lowest BCUT2D eigenvalue weighted by Gasteiger charge is -1.67. The molecule has 0 amide bonds. The monoisotopic (exact) mass is 58.1 g/mol. The van der Waals surface area contributed by atoms with Crippen molar-refractivity contribution in [3.63, 3.8) is 0 Å². The van der Waals surface area contributed by atoms with Crippen molar-refractivity contribution in [2.24, 2.45) is 11.4 Å². The van der Waals surface area contributed by atoms with Crippen LogP contribution in [0.25, 0.3) is 0 Å². The van der Waals surface area contributed by atoms with Crippen LogP contribution in [0.15, 0.2) is 0 Å². The summed E-state index contributed by atoms with van der Waals surface area (Å²) in [7, 11) is 0.597. The average molecular weight is 57.9 g/mol. The van der Waals surface area contributed by atoms with Crippen molar-refractivity contribution in [3.05, 3.63) is 0 Å². The Morgan fingerprint density at radius 2 is 2.00 bits per heavy atom. The van der Waals surface area contributed by atoms with Crippen molar-refractivity contribution < 1.29 is 0 Å². The summed E-state index contributed by atoms with van der Waals surface area (Å²) >= 11 is 0. The molecule has 4 N–H and O–H groups in total. The summed E-state index contributed by atoms with van der Waals surface area (Å²) in [5, 5.41) is 0. The van der Waals surface area contributed by atoms with Gasteiger partial charge in [0.15, 0.2) is 0 Å². The first-order valence-corrected chi connectivity index (χ1v) is 1.32. The highest BCUT2D eigenvalue weighted by Crippen LogP contribution is 1.17. The molecule has 0 saturated heterocycles. The van der Waals surface area contributed by atoms with Crippen LogP contribution < -0.4 is 11.4 Å². The second-order valence-electron chi connectivity index (χ2n) is 0.577. The molecule has 0 aliphatic heterocycles. The number of hydrogen-bond donors (Lipinski definition) is 2. The van der Waals surface area contributed by atoms with Gasteiger partial charge in [0, 0.05) is 0 Å². The lowest BCUT2D eigenvalue weighted by atomic mass is 10.00. The van der Waals surface area contributed by atoms with Crippen molar-refractivity contribution in [2.45, 2.75) is 0 Å². The van der Waals surface area contributed by atoms with E-state index in [0.717, 1.165) is 0 Å². The van der Waals surface area contributed by atoms with Crippen molar-refractivity contribution in [3.8, 4) is 0 Å². The fraction of sp³-hybridized carbons (Fsp3) is 1.00. The molecule has 0 bridgehead atoms. The Balaban J connectivity index is 1.97. The molecule has 0 saturated carbocycles. The Hall–Kier alpha value is -0.0151. The molecule has 0 aromatic rings. The zero-order valence-corrected chi connectivity index (χ0v) is 2.57. The third-order valence-corrected chi connectivity index (χ3v) is 0.167. The lowest BCUT2D eigenvalue weighted by Crippen LogP contribution is -2.17. The molecule has 2 nitrogen and oxygen atoms in total. The molecule has 0 spiro atoms.